The number of rotatable bonds is 3. The van der Waals surface area contributed by atoms with Crippen molar-refractivity contribution in [3.8, 4) is 5.75 Å². The highest BCUT2D eigenvalue weighted by Crippen LogP contribution is 2.38. The van der Waals surface area contributed by atoms with Crippen LogP contribution in [0.1, 0.15) is 23.6 Å². The Labute approximate surface area is 154 Å². The maximum Gasteiger partial charge on any atom is 0.387 e. The van der Waals surface area contributed by atoms with Gasteiger partial charge in [-0.15, -0.1) is 0 Å². The lowest BCUT2D eigenvalue weighted by molar-refractivity contribution is -0.0507. The van der Waals surface area contributed by atoms with Crippen LogP contribution in [0, 0.1) is 12.7 Å². The number of nitrogens with zero attached hydrogens (tertiary/aromatic N) is 2. The number of aryl methyl sites for hydroxylation is 1. The van der Waals surface area contributed by atoms with Gasteiger partial charge in [-0.25, -0.2) is 9.07 Å². The fourth-order valence-corrected chi connectivity index (χ4v) is 3.93. The van der Waals surface area contributed by atoms with Crippen molar-refractivity contribution in [3.05, 3.63) is 62.1 Å². The van der Waals surface area contributed by atoms with Gasteiger partial charge in [-0.1, -0.05) is 17.7 Å². The molecule has 26 heavy (non-hydrogen) atoms. The minimum Gasteiger partial charge on any atom is -0.434 e. The zero-order valence-corrected chi connectivity index (χ0v) is 15.3. The standard InChI is InChI=1S/C18H14BrF3N2O2/c1-9-2-3-16(26-18(21)22)10(6-9)14-4-5-23-17(25)11-7-13(20)12(19)8-15(11)24(14)23/h2-3,6-8,14,18H,4-5H2,1H3. The summed E-state index contributed by atoms with van der Waals surface area (Å²) >= 11 is 3.15. The average molecular weight is 427 g/mol. The quantitative estimate of drug-likeness (QED) is 0.613. The molecule has 1 unspecified atom stereocenters. The zero-order chi connectivity index (χ0) is 18.6. The Kier molecular flexibility index (Phi) is 4.10. The second-order valence-electron chi connectivity index (χ2n) is 6.28. The summed E-state index contributed by atoms with van der Waals surface area (Å²) in [7, 11) is 0. The molecule has 4 nitrogen and oxygen atoms in total. The minimum absolute atomic E-state index is 0.0829. The zero-order valence-electron chi connectivity index (χ0n) is 13.7. The lowest BCUT2D eigenvalue weighted by Crippen LogP contribution is -2.18. The van der Waals surface area contributed by atoms with E-state index in [0.29, 0.717) is 24.0 Å². The Morgan fingerprint density at radius 3 is 2.77 bits per heavy atom. The van der Waals surface area contributed by atoms with E-state index in [1.54, 1.807) is 22.9 Å². The van der Waals surface area contributed by atoms with Crippen molar-refractivity contribution < 1.29 is 17.9 Å². The van der Waals surface area contributed by atoms with E-state index >= 15 is 0 Å². The molecule has 8 heteroatoms. The maximum atomic E-state index is 13.9. The van der Waals surface area contributed by atoms with Crippen LogP contribution in [-0.4, -0.2) is 16.0 Å². The summed E-state index contributed by atoms with van der Waals surface area (Å²) in [5, 5.41) is 0.263. The molecule has 0 amide bonds. The fourth-order valence-electron chi connectivity index (χ4n) is 3.60. The fraction of sp³-hybridized carbons (Fsp3) is 0.278. The number of hydrogen-bond donors (Lipinski definition) is 0. The van der Waals surface area contributed by atoms with Crippen molar-refractivity contribution in [2.24, 2.45) is 0 Å². The topological polar surface area (TPSA) is 36.2 Å². The van der Waals surface area contributed by atoms with E-state index in [2.05, 4.69) is 20.7 Å². The van der Waals surface area contributed by atoms with Crippen LogP contribution in [-0.2, 0) is 6.54 Å². The van der Waals surface area contributed by atoms with Crippen molar-refractivity contribution in [2.75, 3.05) is 0 Å². The van der Waals surface area contributed by atoms with E-state index in [1.807, 2.05) is 6.92 Å². The third-order valence-electron chi connectivity index (χ3n) is 4.66. The molecule has 4 rings (SSSR count). The lowest BCUT2D eigenvalue weighted by Gasteiger charge is -2.19. The van der Waals surface area contributed by atoms with Gasteiger partial charge in [-0.05, 0) is 47.5 Å². The van der Waals surface area contributed by atoms with Crippen molar-refractivity contribution in [2.45, 2.75) is 32.5 Å². The molecular formula is C18H14BrF3N2O2. The minimum atomic E-state index is -2.94. The Morgan fingerprint density at radius 1 is 1.27 bits per heavy atom. The Bertz CT molecular complexity index is 1070. The Balaban J connectivity index is 1.94. The van der Waals surface area contributed by atoms with Gasteiger partial charge in [0, 0.05) is 12.1 Å². The number of hydrogen-bond acceptors (Lipinski definition) is 2. The van der Waals surface area contributed by atoms with Gasteiger partial charge in [0.15, 0.2) is 0 Å². The molecule has 1 aromatic heterocycles. The first-order valence-electron chi connectivity index (χ1n) is 8.02. The van der Waals surface area contributed by atoms with Gasteiger partial charge in [-0.2, -0.15) is 8.78 Å². The number of halogens is 4. The van der Waals surface area contributed by atoms with Gasteiger partial charge in [0.1, 0.15) is 11.6 Å². The third kappa shape index (κ3) is 2.63. The number of aromatic nitrogens is 2. The molecule has 0 fully saturated rings. The first-order valence-corrected chi connectivity index (χ1v) is 8.81. The van der Waals surface area contributed by atoms with Gasteiger partial charge in [0.05, 0.1) is 21.4 Å². The molecular weight excluding hydrogens is 413 g/mol. The van der Waals surface area contributed by atoms with Crippen LogP contribution < -0.4 is 10.3 Å². The van der Waals surface area contributed by atoms with E-state index in [4.69, 9.17) is 0 Å². The number of alkyl halides is 2. The molecule has 0 N–H and O–H groups in total. The van der Waals surface area contributed by atoms with E-state index in [0.717, 1.165) is 5.56 Å². The number of benzene rings is 2. The van der Waals surface area contributed by atoms with E-state index in [1.165, 1.54) is 16.8 Å². The molecule has 0 saturated carbocycles. The van der Waals surface area contributed by atoms with Crippen LogP contribution in [0.25, 0.3) is 10.9 Å². The average Bonchev–Trinajstić information content (AvgIpc) is 3.11. The molecule has 0 spiro atoms. The molecule has 1 aliphatic heterocycles. The maximum absolute atomic E-state index is 13.9. The molecule has 2 heterocycles. The third-order valence-corrected chi connectivity index (χ3v) is 5.27. The van der Waals surface area contributed by atoms with Crippen LogP contribution in [0.4, 0.5) is 13.2 Å². The molecule has 2 aromatic carbocycles. The highest BCUT2D eigenvalue weighted by atomic mass is 79.9. The van der Waals surface area contributed by atoms with Crippen LogP contribution in [0.2, 0.25) is 0 Å². The molecule has 1 atom stereocenters. The van der Waals surface area contributed by atoms with Gasteiger partial charge < -0.3 is 4.74 Å². The summed E-state index contributed by atoms with van der Waals surface area (Å²) in [5.74, 6) is -0.437. The van der Waals surface area contributed by atoms with Crippen molar-refractivity contribution in [1.29, 1.82) is 0 Å². The smallest absolute Gasteiger partial charge is 0.387 e. The van der Waals surface area contributed by atoms with Gasteiger partial charge in [-0.3, -0.25) is 9.48 Å². The van der Waals surface area contributed by atoms with Crippen LogP contribution in [0.15, 0.2) is 39.6 Å². The summed E-state index contributed by atoms with van der Waals surface area (Å²) in [5.41, 5.74) is 1.73. The second kappa shape index (κ2) is 6.19. The van der Waals surface area contributed by atoms with E-state index < -0.39 is 12.4 Å². The summed E-state index contributed by atoms with van der Waals surface area (Å²) in [4.78, 5) is 12.6. The van der Waals surface area contributed by atoms with Gasteiger partial charge in [0.2, 0.25) is 0 Å². The first kappa shape index (κ1) is 17.2. The lowest BCUT2D eigenvalue weighted by atomic mass is 10.0. The summed E-state index contributed by atoms with van der Waals surface area (Å²) in [6, 6.07) is 7.38. The molecule has 0 bridgehead atoms. The molecule has 1 aliphatic rings. The van der Waals surface area contributed by atoms with Crippen molar-refractivity contribution in [3.63, 3.8) is 0 Å². The Hall–Kier alpha value is -2.22. The summed E-state index contributed by atoms with van der Waals surface area (Å²) in [6.45, 7) is -0.665. The van der Waals surface area contributed by atoms with Crippen LogP contribution in [0.5, 0.6) is 5.75 Å². The highest BCUT2D eigenvalue weighted by Gasteiger charge is 2.31. The van der Waals surface area contributed by atoms with E-state index in [-0.39, 0.29) is 27.2 Å². The molecule has 136 valence electrons. The monoisotopic (exact) mass is 426 g/mol. The summed E-state index contributed by atoms with van der Waals surface area (Å²) in [6.07, 6.45) is 0.559. The van der Waals surface area contributed by atoms with Crippen molar-refractivity contribution in [1.82, 2.24) is 9.36 Å². The molecule has 0 aliphatic carbocycles. The molecule has 3 aromatic rings. The highest BCUT2D eigenvalue weighted by molar-refractivity contribution is 9.10. The first-order chi connectivity index (χ1) is 12.4. The summed E-state index contributed by atoms with van der Waals surface area (Å²) < 4.78 is 47.7. The van der Waals surface area contributed by atoms with Crippen LogP contribution >= 0.6 is 15.9 Å². The van der Waals surface area contributed by atoms with Crippen LogP contribution in [0.3, 0.4) is 0 Å². The number of fused-ring (bicyclic) bond motifs is 3. The predicted molar refractivity (Wildman–Crippen MR) is 94.4 cm³/mol. The van der Waals surface area contributed by atoms with Crippen molar-refractivity contribution >= 4 is 26.8 Å². The molecule has 0 saturated heterocycles. The largest absolute Gasteiger partial charge is 0.434 e. The SMILES string of the molecule is Cc1ccc(OC(F)F)c(C2CCn3c(=O)c4cc(F)c(Br)cc4n32)c1. The predicted octanol–water partition coefficient (Wildman–Crippen LogP) is 4.61. The molecule has 0 radical (unpaired) electrons. The van der Waals surface area contributed by atoms with E-state index in [9.17, 15) is 18.0 Å². The number of ether oxygens (including phenoxy) is 1. The second-order valence-corrected chi connectivity index (χ2v) is 7.13. The normalized spacial score (nSPS) is 16.5. The Morgan fingerprint density at radius 2 is 2.04 bits per heavy atom. The van der Waals surface area contributed by atoms with Gasteiger partial charge in [0.25, 0.3) is 5.56 Å². The van der Waals surface area contributed by atoms with Gasteiger partial charge >= 0.3 is 6.61 Å².